The fourth-order valence-corrected chi connectivity index (χ4v) is 3.26. The van der Waals surface area contributed by atoms with Crippen LogP contribution in [0.25, 0.3) is 0 Å². The summed E-state index contributed by atoms with van der Waals surface area (Å²) in [5.74, 6) is 0.300. The molecule has 9 nitrogen and oxygen atoms in total. The van der Waals surface area contributed by atoms with E-state index >= 15 is 0 Å². The van der Waals surface area contributed by atoms with Gasteiger partial charge < -0.3 is 9.47 Å². The summed E-state index contributed by atoms with van der Waals surface area (Å²) in [4.78, 5) is 14.0. The van der Waals surface area contributed by atoms with Crippen molar-refractivity contribution in [3.8, 4) is 11.5 Å². The van der Waals surface area contributed by atoms with Gasteiger partial charge in [-0.2, -0.15) is 5.10 Å². The first-order valence-electron chi connectivity index (χ1n) is 7.56. The van der Waals surface area contributed by atoms with Crippen LogP contribution < -0.4 is 19.7 Å². The van der Waals surface area contributed by atoms with Crippen LogP contribution in [0.2, 0.25) is 0 Å². The van der Waals surface area contributed by atoms with Crippen LogP contribution in [0, 0.1) is 13.8 Å². The van der Waals surface area contributed by atoms with Gasteiger partial charge in [-0.05, 0) is 32.0 Å². The summed E-state index contributed by atoms with van der Waals surface area (Å²) < 4.78 is 36.8. The first kappa shape index (κ1) is 17.2. The van der Waals surface area contributed by atoms with E-state index in [2.05, 4.69) is 15.4 Å². The van der Waals surface area contributed by atoms with Crippen molar-refractivity contribution in [2.45, 2.75) is 25.3 Å². The van der Waals surface area contributed by atoms with Crippen LogP contribution in [-0.4, -0.2) is 37.3 Å². The fraction of sp³-hybridized carbons (Fsp3) is 0.333. The molecule has 0 radical (unpaired) electrons. The zero-order chi connectivity index (χ0) is 18.0. The van der Waals surface area contributed by atoms with Gasteiger partial charge in [0.1, 0.15) is 19.8 Å². The Kier molecular flexibility index (Phi) is 4.64. The summed E-state index contributed by atoms with van der Waals surface area (Å²) in [5.41, 5.74) is 3.76. The van der Waals surface area contributed by atoms with Gasteiger partial charge in [-0.25, -0.2) is 8.42 Å². The van der Waals surface area contributed by atoms with E-state index in [1.165, 1.54) is 22.9 Å². The molecule has 134 valence electrons. The van der Waals surface area contributed by atoms with Crippen LogP contribution in [0.5, 0.6) is 11.5 Å². The molecule has 3 rings (SSSR count). The zero-order valence-corrected chi connectivity index (χ0v) is 14.6. The van der Waals surface area contributed by atoms with Crippen molar-refractivity contribution in [2.75, 3.05) is 13.2 Å². The third-order valence-corrected chi connectivity index (χ3v) is 4.79. The number of hydrogen-bond donors (Lipinski definition) is 2. The van der Waals surface area contributed by atoms with Crippen LogP contribution in [0.15, 0.2) is 29.2 Å². The lowest BCUT2D eigenvalue weighted by Gasteiger charge is -2.19. The van der Waals surface area contributed by atoms with Gasteiger partial charge in [0.05, 0.1) is 10.6 Å². The zero-order valence-electron chi connectivity index (χ0n) is 13.8. The van der Waals surface area contributed by atoms with Crippen LogP contribution in [0.3, 0.4) is 0 Å². The largest absolute Gasteiger partial charge is 0.486 e. The van der Waals surface area contributed by atoms with Gasteiger partial charge in [-0.3, -0.25) is 14.9 Å². The van der Waals surface area contributed by atoms with Crippen LogP contribution in [0.1, 0.15) is 11.4 Å². The molecule has 0 saturated carbocycles. The number of rotatable bonds is 5. The molecular formula is C15H18N4O5S. The minimum Gasteiger partial charge on any atom is -0.486 e. The lowest BCUT2D eigenvalue weighted by Crippen LogP contribution is -2.43. The number of fused-ring (bicyclic) bond motifs is 1. The van der Waals surface area contributed by atoms with E-state index in [0.717, 1.165) is 11.4 Å². The molecule has 0 aliphatic carbocycles. The Labute approximate surface area is 144 Å². The Hall–Kier alpha value is -2.59. The predicted octanol–water partition coefficient (Wildman–Crippen LogP) is 0.281. The highest BCUT2D eigenvalue weighted by molar-refractivity contribution is 7.89. The van der Waals surface area contributed by atoms with Gasteiger partial charge in [0.15, 0.2) is 11.5 Å². The molecule has 1 amide bonds. The molecule has 10 heteroatoms. The van der Waals surface area contributed by atoms with E-state index in [9.17, 15) is 13.2 Å². The number of nitrogens with zero attached hydrogens (tertiary/aromatic N) is 2. The molecule has 1 aromatic carbocycles. The highest BCUT2D eigenvalue weighted by Crippen LogP contribution is 2.31. The number of sulfonamides is 1. The molecular weight excluding hydrogens is 348 g/mol. The maximum atomic E-state index is 12.3. The Bertz CT molecular complexity index is 907. The Morgan fingerprint density at radius 2 is 1.92 bits per heavy atom. The highest BCUT2D eigenvalue weighted by Gasteiger charge is 2.20. The standard InChI is InChI=1S/C15H18N4O5S/c1-10-7-11(2)19(17-10)9-15(20)16-18-25(21,22)12-3-4-13-14(8-12)24-6-5-23-13/h3-4,7-8,18H,5-6,9H2,1-2H3,(H,16,20). The molecule has 0 atom stereocenters. The summed E-state index contributed by atoms with van der Waals surface area (Å²) in [5, 5.41) is 4.15. The van der Waals surface area contributed by atoms with Gasteiger partial charge in [0.25, 0.3) is 15.9 Å². The van der Waals surface area contributed by atoms with Crippen molar-refractivity contribution in [3.05, 3.63) is 35.7 Å². The molecule has 0 spiro atoms. The maximum Gasteiger partial charge on any atom is 0.257 e. The number of aromatic nitrogens is 2. The Morgan fingerprint density at radius 1 is 1.20 bits per heavy atom. The van der Waals surface area contributed by atoms with Crippen molar-refractivity contribution in [1.29, 1.82) is 0 Å². The monoisotopic (exact) mass is 366 g/mol. The molecule has 1 aliphatic heterocycles. The average Bonchev–Trinajstić information content (AvgIpc) is 2.90. The van der Waals surface area contributed by atoms with Gasteiger partial charge in [-0.1, -0.05) is 0 Å². The average molecular weight is 366 g/mol. The molecule has 1 aromatic heterocycles. The van der Waals surface area contributed by atoms with E-state index in [-0.39, 0.29) is 11.4 Å². The fourth-order valence-electron chi connectivity index (χ4n) is 2.38. The molecule has 1 aliphatic rings. The summed E-state index contributed by atoms with van der Waals surface area (Å²) in [6, 6.07) is 6.07. The molecule has 0 saturated heterocycles. The quantitative estimate of drug-likeness (QED) is 0.735. The number of carbonyl (C=O) groups is 1. The molecule has 2 heterocycles. The first-order valence-corrected chi connectivity index (χ1v) is 9.05. The van der Waals surface area contributed by atoms with Crippen molar-refractivity contribution < 1.29 is 22.7 Å². The topological polar surface area (TPSA) is 112 Å². The van der Waals surface area contributed by atoms with Gasteiger partial charge >= 0.3 is 0 Å². The number of benzene rings is 1. The molecule has 25 heavy (non-hydrogen) atoms. The third-order valence-electron chi connectivity index (χ3n) is 3.55. The second-order valence-corrected chi connectivity index (χ2v) is 7.23. The highest BCUT2D eigenvalue weighted by atomic mass is 32.2. The van der Waals surface area contributed by atoms with E-state index < -0.39 is 15.9 Å². The second-order valence-electron chi connectivity index (χ2n) is 5.54. The Balaban J connectivity index is 1.65. The van der Waals surface area contributed by atoms with E-state index in [4.69, 9.17) is 9.47 Å². The lowest BCUT2D eigenvalue weighted by atomic mass is 10.3. The third kappa shape index (κ3) is 3.91. The van der Waals surface area contributed by atoms with Crippen LogP contribution >= 0.6 is 0 Å². The van der Waals surface area contributed by atoms with Crippen molar-refractivity contribution in [3.63, 3.8) is 0 Å². The summed E-state index contributed by atoms with van der Waals surface area (Å²) >= 11 is 0. The number of hydrazine groups is 1. The van der Waals surface area contributed by atoms with Crippen molar-refractivity contribution in [1.82, 2.24) is 20.0 Å². The first-order chi connectivity index (χ1) is 11.8. The van der Waals surface area contributed by atoms with Gasteiger partial charge in [0, 0.05) is 11.8 Å². The van der Waals surface area contributed by atoms with Crippen LogP contribution in [0.4, 0.5) is 0 Å². The molecule has 2 N–H and O–H groups in total. The molecule has 0 unspecified atom stereocenters. The van der Waals surface area contributed by atoms with E-state index in [1.54, 1.807) is 0 Å². The molecule has 2 aromatic rings. The SMILES string of the molecule is Cc1cc(C)n(CC(=O)NNS(=O)(=O)c2ccc3c(c2)OCCO3)n1. The number of ether oxygens (including phenoxy) is 2. The summed E-state index contributed by atoms with van der Waals surface area (Å²) in [6.45, 7) is 4.30. The van der Waals surface area contributed by atoms with Crippen LogP contribution in [-0.2, 0) is 21.4 Å². The van der Waals surface area contributed by atoms with Crippen molar-refractivity contribution in [2.24, 2.45) is 0 Å². The number of carbonyl (C=O) groups excluding carboxylic acids is 1. The summed E-state index contributed by atoms with van der Waals surface area (Å²) in [6.07, 6.45) is 0. The van der Waals surface area contributed by atoms with E-state index in [1.807, 2.05) is 19.9 Å². The maximum absolute atomic E-state index is 12.3. The number of aryl methyl sites for hydroxylation is 2. The number of nitrogens with one attached hydrogen (secondary N) is 2. The molecule has 0 bridgehead atoms. The normalized spacial score (nSPS) is 13.5. The minimum absolute atomic E-state index is 0.0387. The number of amides is 1. The minimum atomic E-state index is -3.93. The second kappa shape index (κ2) is 6.73. The van der Waals surface area contributed by atoms with Gasteiger partial charge in [-0.15, -0.1) is 4.83 Å². The number of hydrogen-bond acceptors (Lipinski definition) is 6. The van der Waals surface area contributed by atoms with E-state index in [0.29, 0.717) is 24.7 Å². The smallest absolute Gasteiger partial charge is 0.257 e. The lowest BCUT2D eigenvalue weighted by molar-refractivity contribution is -0.122. The van der Waals surface area contributed by atoms with Gasteiger partial charge in [0.2, 0.25) is 0 Å². The predicted molar refractivity (Wildman–Crippen MR) is 87.6 cm³/mol. The Morgan fingerprint density at radius 3 is 2.60 bits per heavy atom. The molecule has 0 fully saturated rings. The summed E-state index contributed by atoms with van der Waals surface area (Å²) in [7, 11) is -3.93. The van der Waals surface area contributed by atoms with Crippen molar-refractivity contribution >= 4 is 15.9 Å².